The molecule has 0 unspecified atom stereocenters. The van der Waals surface area contributed by atoms with Gasteiger partial charge in [0.1, 0.15) is 5.75 Å². The standard InChI is InChI=1S/C16H20F3NO2/c17-16(18,19)14-4-2-1-3-13(14)15(22)20-10-9-11-5-7-12(21)8-6-11/h5-8,13-14,21H,1-4,9-10H2,(H,20,22)/t13-,14-/m1/s1. The van der Waals surface area contributed by atoms with Crippen molar-refractivity contribution in [3.63, 3.8) is 0 Å². The lowest BCUT2D eigenvalue weighted by molar-refractivity contribution is -0.198. The van der Waals surface area contributed by atoms with Crippen LogP contribution in [0.3, 0.4) is 0 Å². The van der Waals surface area contributed by atoms with Gasteiger partial charge in [0, 0.05) is 12.5 Å². The van der Waals surface area contributed by atoms with Crippen LogP contribution in [0.15, 0.2) is 24.3 Å². The average Bonchev–Trinajstić information content (AvgIpc) is 2.48. The van der Waals surface area contributed by atoms with Gasteiger partial charge < -0.3 is 10.4 Å². The van der Waals surface area contributed by atoms with Crippen molar-refractivity contribution < 1.29 is 23.1 Å². The predicted octanol–water partition coefficient (Wildman–Crippen LogP) is 3.42. The maximum atomic E-state index is 13.0. The molecule has 1 amide bonds. The first-order valence-electron chi connectivity index (χ1n) is 7.50. The molecule has 6 heteroatoms. The second-order valence-electron chi connectivity index (χ2n) is 5.75. The highest BCUT2D eigenvalue weighted by Crippen LogP contribution is 2.41. The van der Waals surface area contributed by atoms with E-state index in [1.54, 1.807) is 12.1 Å². The number of aromatic hydroxyl groups is 1. The Morgan fingerprint density at radius 3 is 2.45 bits per heavy atom. The smallest absolute Gasteiger partial charge is 0.392 e. The molecule has 1 fully saturated rings. The van der Waals surface area contributed by atoms with Gasteiger partial charge in [-0.2, -0.15) is 13.2 Å². The summed E-state index contributed by atoms with van der Waals surface area (Å²) in [4.78, 5) is 12.0. The zero-order valence-corrected chi connectivity index (χ0v) is 12.2. The quantitative estimate of drug-likeness (QED) is 0.894. The van der Waals surface area contributed by atoms with E-state index in [1.807, 2.05) is 0 Å². The molecular formula is C16H20F3NO2. The molecule has 1 aliphatic carbocycles. The van der Waals surface area contributed by atoms with Gasteiger partial charge in [-0.05, 0) is 37.0 Å². The number of rotatable bonds is 4. The fourth-order valence-corrected chi connectivity index (χ4v) is 2.96. The molecule has 0 saturated heterocycles. The molecule has 3 nitrogen and oxygen atoms in total. The van der Waals surface area contributed by atoms with Crippen LogP contribution in [0.2, 0.25) is 0 Å². The third-order valence-electron chi connectivity index (χ3n) is 4.17. The molecule has 1 aliphatic rings. The lowest BCUT2D eigenvalue weighted by Gasteiger charge is -2.32. The number of benzene rings is 1. The largest absolute Gasteiger partial charge is 0.508 e. The SMILES string of the molecule is O=C(NCCc1ccc(O)cc1)[C@@H]1CCCC[C@H]1C(F)(F)F. The Morgan fingerprint density at radius 1 is 1.18 bits per heavy atom. The number of halogens is 3. The van der Waals surface area contributed by atoms with Crippen LogP contribution in [0.5, 0.6) is 5.75 Å². The molecular weight excluding hydrogens is 295 g/mol. The monoisotopic (exact) mass is 315 g/mol. The number of phenols is 1. The lowest BCUT2D eigenvalue weighted by atomic mass is 9.78. The summed E-state index contributed by atoms with van der Waals surface area (Å²) in [6, 6.07) is 6.52. The molecule has 2 atom stereocenters. The normalized spacial score (nSPS) is 22.3. The Balaban J connectivity index is 1.86. The van der Waals surface area contributed by atoms with E-state index in [0.29, 0.717) is 32.2 Å². The molecule has 2 rings (SSSR count). The molecule has 0 aliphatic heterocycles. The number of nitrogens with one attached hydrogen (secondary N) is 1. The van der Waals surface area contributed by atoms with E-state index in [4.69, 9.17) is 5.11 Å². The number of amides is 1. The second kappa shape index (κ2) is 7.03. The van der Waals surface area contributed by atoms with Gasteiger partial charge in [0.2, 0.25) is 5.91 Å². The minimum Gasteiger partial charge on any atom is -0.508 e. The zero-order valence-electron chi connectivity index (χ0n) is 12.2. The van der Waals surface area contributed by atoms with E-state index in [1.165, 1.54) is 12.1 Å². The number of carbonyl (C=O) groups excluding carboxylic acids is 1. The van der Waals surface area contributed by atoms with Crippen LogP contribution in [-0.4, -0.2) is 23.7 Å². The Labute approximate surface area is 127 Å². The summed E-state index contributed by atoms with van der Waals surface area (Å²) in [6.07, 6.45) is -2.24. The first kappa shape index (κ1) is 16.6. The van der Waals surface area contributed by atoms with E-state index in [0.717, 1.165) is 5.56 Å². The van der Waals surface area contributed by atoms with Crippen LogP contribution in [0, 0.1) is 11.8 Å². The molecule has 0 aromatic heterocycles. The van der Waals surface area contributed by atoms with E-state index < -0.39 is 23.9 Å². The molecule has 122 valence electrons. The molecule has 0 spiro atoms. The van der Waals surface area contributed by atoms with E-state index in [2.05, 4.69) is 5.32 Å². The lowest BCUT2D eigenvalue weighted by Crippen LogP contribution is -2.43. The summed E-state index contributed by atoms with van der Waals surface area (Å²) < 4.78 is 38.9. The van der Waals surface area contributed by atoms with Gasteiger partial charge in [-0.25, -0.2) is 0 Å². The summed E-state index contributed by atoms with van der Waals surface area (Å²) in [5.41, 5.74) is 0.911. The van der Waals surface area contributed by atoms with Crippen molar-refractivity contribution in [2.45, 2.75) is 38.3 Å². The molecule has 0 heterocycles. The molecule has 1 saturated carbocycles. The van der Waals surface area contributed by atoms with Crippen molar-refractivity contribution >= 4 is 5.91 Å². The molecule has 0 radical (unpaired) electrons. The minimum absolute atomic E-state index is 0.0412. The van der Waals surface area contributed by atoms with Gasteiger partial charge in [-0.3, -0.25) is 4.79 Å². The number of carbonyl (C=O) groups is 1. The van der Waals surface area contributed by atoms with Crippen LogP contribution in [0.25, 0.3) is 0 Å². The predicted molar refractivity (Wildman–Crippen MR) is 76.3 cm³/mol. The highest BCUT2D eigenvalue weighted by atomic mass is 19.4. The van der Waals surface area contributed by atoms with Gasteiger partial charge in [-0.15, -0.1) is 0 Å². The molecule has 1 aromatic carbocycles. The number of phenolic OH excluding ortho intramolecular Hbond substituents is 1. The molecule has 22 heavy (non-hydrogen) atoms. The van der Waals surface area contributed by atoms with Gasteiger partial charge in [0.15, 0.2) is 0 Å². The van der Waals surface area contributed by atoms with Crippen molar-refractivity contribution in [3.05, 3.63) is 29.8 Å². The fourth-order valence-electron chi connectivity index (χ4n) is 2.96. The van der Waals surface area contributed by atoms with Crippen molar-refractivity contribution in [1.29, 1.82) is 0 Å². The summed E-state index contributed by atoms with van der Waals surface area (Å²) >= 11 is 0. The van der Waals surface area contributed by atoms with E-state index in [9.17, 15) is 18.0 Å². The van der Waals surface area contributed by atoms with Gasteiger partial charge in [0.25, 0.3) is 0 Å². The summed E-state index contributed by atoms with van der Waals surface area (Å²) in [6.45, 7) is 0.296. The van der Waals surface area contributed by atoms with E-state index in [-0.39, 0.29) is 12.2 Å². The van der Waals surface area contributed by atoms with Gasteiger partial charge in [0.05, 0.1) is 5.92 Å². The first-order valence-corrected chi connectivity index (χ1v) is 7.50. The zero-order chi connectivity index (χ0) is 16.2. The third-order valence-corrected chi connectivity index (χ3v) is 4.17. The Bertz CT molecular complexity index is 499. The second-order valence-corrected chi connectivity index (χ2v) is 5.75. The Hall–Kier alpha value is -1.72. The molecule has 2 N–H and O–H groups in total. The van der Waals surface area contributed by atoms with Crippen molar-refractivity contribution in [2.75, 3.05) is 6.54 Å². The topological polar surface area (TPSA) is 49.3 Å². The van der Waals surface area contributed by atoms with Crippen LogP contribution in [-0.2, 0) is 11.2 Å². The summed E-state index contributed by atoms with van der Waals surface area (Å²) in [5, 5.41) is 11.8. The fraction of sp³-hybridized carbons (Fsp3) is 0.562. The van der Waals surface area contributed by atoms with Crippen LogP contribution in [0.4, 0.5) is 13.2 Å². The van der Waals surface area contributed by atoms with Crippen molar-refractivity contribution in [2.24, 2.45) is 11.8 Å². The van der Waals surface area contributed by atoms with Crippen molar-refractivity contribution in [1.82, 2.24) is 5.32 Å². The number of alkyl halides is 3. The highest BCUT2D eigenvalue weighted by molar-refractivity contribution is 5.79. The van der Waals surface area contributed by atoms with Crippen LogP contribution >= 0.6 is 0 Å². The van der Waals surface area contributed by atoms with E-state index >= 15 is 0 Å². The maximum Gasteiger partial charge on any atom is 0.392 e. The number of hydrogen-bond acceptors (Lipinski definition) is 2. The molecule has 1 aromatic rings. The summed E-state index contributed by atoms with van der Waals surface area (Å²) in [5.74, 6) is -2.83. The van der Waals surface area contributed by atoms with Crippen LogP contribution < -0.4 is 5.32 Å². The van der Waals surface area contributed by atoms with Gasteiger partial charge >= 0.3 is 6.18 Å². The Morgan fingerprint density at radius 2 is 1.82 bits per heavy atom. The first-order chi connectivity index (χ1) is 10.4. The highest BCUT2D eigenvalue weighted by Gasteiger charge is 2.47. The Kier molecular flexibility index (Phi) is 5.32. The summed E-state index contributed by atoms with van der Waals surface area (Å²) in [7, 11) is 0. The van der Waals surface area contributed by atoms with Gasteiger partial charge in [-0.1, -0.05) is 25.0 Å². The van der Waals surface area contributed by atoms with Crippen molar-refractivity contribution in [3.8, 4) is 5.75 Å². The maximum absolute atomic E-state index is 13.0. The van der Waals surface area contributed by atoms with Crippen LogP contribution in [0.1, 0.15) is 31.2 Å². The third kappa shape index (κ3) is 4.39. The number of hydrogen-bond donors (Lipinski definition) is 2. The minimum atomic E-state index is -4.31. The average molecular weight is 315 g/mol. The molecule has 0 bridgehead atoms.